The van der Waals surface area contributed by atoms with E-state index in [-0.39, 0.29) is 5.41 Å². The van der Waals surface area contributed by atoms with Crippen LogP contribution in [0.3, 0.4) is 0 Å². The van der Waals surface area contributed by atoms with Gasteiger partial charge in [0.15, 0.2) is 0 Å². The number of hydrogen-bond donors (Lipinski definition) is 0. The molecule has 0 N–H and O–H groups in total. The molecule has 2 aromatic heterocycles. The first-order valence-corrected chi connectivity index (χ1v) is 5.37. The first-order chi connectivity index (χ1) is 7.50. The van der Waals surface area contributed by atoms with Gasteiger partial charge in [0.05, 0.1) is 0 Å². The SMILES string of the molecule is Cc1onc(-c2ccncc2)c1C(C)(C)C. The van der Waals surface area contributed by atoms with Crippen molar-refractivity contribution in [1.82, 2.24) is 10.1 Å². The molecule has 0 bridgehead atoms. The highest BCUT2D eigenvalue weighted by atomic mass is 16.5. The Balaban J connectivity index is 2.60. The van der Waals surface area contributed by atoms with Gasteiger partial charge >= 0.3 is 0 Å². The fourth-order valence-electron chi connectivity index (χ4n) is 1.96. The Morgan fingerprint density at radius 3 is 2.31 bits per heavy atom. The number of rotatable bonds is 1. The third-order valence-electron chi connectivity index (χ3n) is 2.57. The first kappa shape index (κ1) is 10.9. The van der Waals surface area contributed by atoms with E-state index in [2.05, 4.69) is 30.9 Å². The average molecular weight is 216 g/mol. The minimum atomic E-state index is 0.0304. The van der Waals surface area contributed by atoms with E-state index in [9.17, 15) is 0 Å². The largest absolute Gasteiger partial charge is 0.361 e. The molecule has 0 saturated carbocycles. The summed E-state index contributed by atoms with van der Waals surface area (Å²) in [5.74, 6) is 0.888. The molecular weight excluding hydrogens is 200 g/mol. The number of hydrogen-bond acceptors (Lipinski definition) is 3. The van der Waals surface area contributed by atoms with Crippen LogP contribution in [-0.2, 0) is 5.41 Å². The van der Waals surface area contributed by atoms with E-state index in [0.29, 0.717) is 0 Å². The fraction of sp³-hybridized carbons (Fsp3) is 0.385. The Hall–Kier alpha value is -1.64. The zero-order valence-corrected chi connectivity index (χ0v) is 10.1. The minimum Gasteiger partial charge on any atom is -0.361 e. The normalized spacial score (nSPS) is 11.8. The number of pyridine rings is 1. The molecule has 2 rings (SSSR count). The summed E-state index contributed by atoms with van der Waals surface area (Å²) in [6.07, 6.45) is 3.54. The van der Waals surface area contributed by atoms with Gasteiger partial charge in [0.1, 0.15) is 11.5 Å². The van der Waals surface area contributed by atoms with Crippen LogP contribution in [0.1, 0.15) is 32.1 Å². The van der Waals surface area contributed by atoms with Crippen LogP contribution in [0.15, 0.2) is 29.0 Å². The molecule has 0 unspecified atom stereocenters. The summed E-state index contributed by atoms with van der Waals surface area (Å²) in [7, 11) is 0. The molecule has 2 aromatic rings. The van der Waals surface area contributed by atoms with Crippen molar-refractivity contribution in [3.8, 4) is 11.3 Å². The maximum absolute atomic E-state index is 5.31. The van der Waals surface area contributed by atoms with Crippen LogP contribution in [-0.4, -0.2) is 10.1 Å². The Bertz CT molecular complexity index is 480. The molecule has 0 radical (unpaired) electrons. The molecule has 0 amide bonds. The molecule has 0 fully saturated rings. The Kier molecular flexibility index (Phi) is 2.54. The van der Waals surface area contributed by atoms with E-state index >= 15 is 0 Å². The van der Waals surface area contributed by atoms with Gasteiger partial charge in [-0.2, -0.15) is 0 Å². The van der Waals surface area contributed by atoms with Gasteiger partial charge in [-0.25, -0.2) is 0 Å². The predicted octanol–water partition coefficient (Wildman–Crippen LogP) is 3.34. The Labute approximate surface area is 95.5 Å². The summed E-state index contributed by atoms with van der Waals surface area (Å²) in [6, 6.07) is 3.90. The standard InChI is InChI=1S/C13H16N2O/c1-9-11(13(2,3)4)12(15-16-9)10-5-7-14-8-6-10/h5-8H,1-4H3. The number of nitrogens with zero attached hydrogens (tertiary/aromatic N) is 2. The van der Waals surface area contributed by atoms with Gasteiger partial charge in [-0.3, -0.25) is 4.98 Å². The smallest absolute Gasteiger partial charge is 0.138 e. The Morgan fingerprint density at radius 1 is 1.12 bits per heavy atom. The maximum atomic E-state index is 5.31. The molecule has 0 atom stereocenters. The van der Waals surface area contributed by atoms with Gasteiger partial charge in [-0.05, 0) is 24.5 Å². The summed E-state index contributed by atoms with van der Waals surface area (Å²) in [5, 5.41) is 4.15. The quantitative estimate of drug-likeness (QED) is 0.733. The number of aryl methyl sites for hydroxylation is 1. The van der Waals surface area contributed by atoms with Crippen LogP contribution in [0.5, 0.6) is 0 Å². The first-order valence-electron chi connectivity index (χ1n) is 5.37. The third kappa shape index (κ3) is 1.85. The molecule has 2 heterocycles. The van der Waals surface area contributed by atoms with E-state index in [1.807, 2.05) is 19.1 Å². The van der Waals surface area contributed by atoms with E-state index < -0.39 is 0 Å². The molecule has 0 aromatic carbocycles. The highest BCUT2D eigenvalue weighted by Gasteiger charge is 2.25. The van der Waals surface area contributed by atoms with Crippen LogP contribution in [0.2, 0.25) is 0 Å². The summed E-state index contributed by atoms with van der Waals surface area (Å²) in [6.45, 7) is 8.45. The molecule has 0 aliphatic rings. The van der Waals surface area contributed by atoms with E-state index in [1.54, 1.807) is 12.4 Å². The second-order valence-corrected chi connectivity index (χ2v) is 4.95. The van der Waals surface area contributed by atoms with Gasteiger partial charge < -0.3 is 4.52 Å². The van der Waals surface area contributed by atoms with Gasteiger partial charge in [0.25, 0.3) is 0 Å². The van der Waals surface area contributed by atoms with Crippen LogP contribution in [0.25, 0.3) is 11.3 Å². The number of aromatic nitrogens is 2. The molecule has 0 saturated heterocycles. The second kappa shape index (κ2) is 3.74. The van der Waals surface area contributed by atoms with Crippen molar-refractivity contribution >= 4 is 0 Å². The van der Waals surface area contributed by atoms with Crippen molar-refractivity contribution in [1.29, 1.82) is 0 Å². The van der Waals surface area contributed by atoms with Crippen LogP contribution < -0.4 is 0 Å². The van der Waals surface area contributed by atoms with Crippen LogP contribution in [0.4, 0.5) is 0 Å². The summed E-state index contributed by atoms with van der Waals surface area (Å²) >= 11 is 0. The highest BCUT2D eigenvalue weighted by molar-refractivity contribution is 5.64. The lowest BCUT2D eigenvalue weighted by Crippen LogP contribution is -2.12. The molecule has 0 aliphatic heterocycles. The average Bonchev–Trinajstić information content (AvgIpc) is 2.61. The van der Waals surface area contributed by atoms with Crippen molar-refractivity contribution in [2.45, 2.75) is 33.1 Å². The molecule has 3 nitrogen and oxygen atoms in total. The molecular formula is C13H16N2O. The highest BCUT2D eigenvalue weighted by Crippen LogP contribution is 2.34. The lowest BCUT2D eigenvalue weighted by molar-refractivity contribution is 0.394. The van der Waals surface area contributed by atoms with Crippen molar-refractivity contribution in [2.24, 2.45) is 0 Å². The van der Waals surface area contributed by atoms with Gasteiger partial charge in [0.2, 0.25) is 0 Å². The van der Waals surface area contributed by atoms with Crippen molar-refractivity contribution in [3.05, 3.63) is 35.9 Å². The van der Waals surface area contributed by atoms with Gasteiger partial charge in [-0.1, -0.05) is 25.9 Å². The van der Waals surface area contributed by atoms with Crippen molar-refractivity contribution in [2.75, 3.05) is 0 Å². The van der Waals surface area contributed by atoms with E-state index in [1.165, 1.54) is 5.56 Å². The topological polar surface area (TPSA) is 38.9 Å². The van der Waals surface area contributed by atoms with Crippen molar-refractivity contribution < 1.29 is 4.52 Å². The van der Waals surface area contributed by atoms with Gasteiger partial charge in [-0.15, -0.1) is 0 Å². The lowest BCUT2D eigenvalue weighted by Gasteiger charge is -2.18. The Morgan fingerprint density at radius 2 is 1.75 bits per heavy atom. The molecule has 0 spiro atoms. The maximum Gasteiger partial charge on any atom is 0.138 e. The van der Waals surface area contributed by atoms with E-state index in [0.717, 1.165) is 17.0 Å². The predicted molar refractivity (Wildman–Crippen MR) is 63.2 cm³/mol. The zero-order valence-electron chi connectivity index (χ0n) is 10.1. The summed E-state index contributed by atoms with van der Waals surface area (Å²) in [4.78, 5) is 4.01. The minimum absolute atomic E-state index is 0.0304. The fourth-order valence-corrected chi connectivity index (χ4v) is 1.96. The second-order valence-electron chi connectivity index (χ2n) is 4.95. The molecule has 3 heteroatoms. The molecule has 16 heavy (non-hydrogen) atoms. The molecule has 84 valence electrons. The van der Waals surface area contributed by atoms with Gasteiger partial charge in [0, 0.05) is 23.5 Å². The lowest BCUT2D eigenvalue weighted by atomic mass is 9.84. The summed E-state index contributed by atoms with van der Waals surface area (Å²) in [5.41, 5.74) is 3.17. The molecule has 0 aliphatic carbocycles. The van der Waals surface area contributed by atoms with Crippen LogP contribution >= 0.6 is 0 Å². The van der Waals surface area contributed by atoms with E-state index in [4.69, 9.17) is 4.52 Å². The van der Waals surface area contributed by atoms with Crippen LogP contribution in [0, 0.1) is 6.92 Å². The monoisotopic (exact) mass is 216 g/mol. The summed E-state index contributed by atoms with van der Waals surface area (Å²) < 4.78 is 5.31. The zero-order chi connectivity index (χ0) is 11.8. The van der Waals surface area contributed by atoms with Crippen molar-refractivity contribution in [3.63, 3.8) is 0 Å². The third-order valence-corrected chi connectivity index (χ3v) is 2.57.